The van der Waals surface area contributed by atoms with Crippen molar-refractivity contribution in [2.24, 2.45) is 0 Å². The van der Waals surface area contributed by atoms with Crippen LogP contribution in [0.3, 0.4) is 0 Å². The van der Waals surface area contributed by atoms with Crippen molar-refractivity contribution < 1.29 is 14.6 Å². The number of ether oxygens (including phenoxy) is 1. The average molecular weight is 313 g/mol. The molecule has 98 valence electrons. The van der Waals surface area contributed by atoms with E-state index in [2.05, 4.69) is 22.0 Å². The van der Waals surface area contributed by atoms with E-state index in [4.69, 9.17) is 9.84 Å². The summed E-state index contributed by atoms with van der Waals surface area (Å²) < 4.78 is 6.88. The van der Waals surface area contributed by atoms with Crippen LogP contribution in [0.25, 0.3) is 0 Å². The van der Waals surface area contributed by atoms with Crippen LogP contribution < -0.4 is 4.74 Å². The van der Waals surface area contributed by atoms with Crippen molar-refractivity contribution >= 4 is 21.9 Å². The quantitative estimate of drug-likeness (QED) is 0.871. The summed E-state index contributed by atoms with van der Waals surface area (Å²) in [6, 6.07) is 4.13. The van der Waals surface area contributed by atoms with Crippen LogP contribution in [-0.2, 0) is 11.2 Å². The van der Waals surface area contributed by atoms with Crippen molar-refractivity contribution in [2.45, 2.75) is 45.1 Å². The largest absolute Gasteiger partial charge is 0.489 e. The summed E-state index contributed by atoms with van der Waals surface area (Å²) in [5, 5.41) is 8.68. The molecule has 0 saturated heterocycles. The van der Waals surface area contributed by atoms with E-state index in [0.29, 0.717) is 12.5 Å². The highest BCUT2D eigenvalue weighted by molar-refractivity contribution is 9.10. The lowest BCUT2D eigenvalue weighted by Crippen LogP contribution is -2.03. The molecule has 1 saturated carbocycles. The van der Waals surface area contributed by atoms with Crippen LogP contribution >= 0.6 is 15.9 Å². The number of hydrogen-bond donors (Lipinski definition) is 1. The molecule has 1 aliphatic rings. The Bertz CT molecular complexity index is 453. The predicted molar refractivity (Wildman–Crippen MR) is 73.1 cm³/mol. The zero-order chi connectivity index (χ0) is 13.1. The Morgan fingerprint density at radius 3 is 2.83 bits per heavy atom. The molecule has 1 fully saturated rings. The van der Waals surface area contributed by atoms with Crippen LogP contribution in [-0.4, -0.2) is 17.2 Å². The number of halogens is 1. The second kappa shape index (κ2) is 5.74. The Labute approximate surface area is 115 Å². The highest BCUT2D eigenvalue weighted by Gasteiger charge is 2.25. The first kappa shape index (κ1) is 13.4. The fraction of sp³-hybridized carbons (Fsp3) is 0.500. The van der Waals surface area contributed by atoms with Crippen molar-refractivity contribution in [3.63, 3.8) is 0 Å². The van der Waals surface area contributed by atoms with Crippen LogP contribution in [0.1, 0.15) is 36.8 Å². The Hall–Kier alpha value is -1.03. The van der Waals surface area contributed by atoms with Gasteiger partial charge in [-0.3, -0.25) is 4.79 Å². The smallest absolute Gasteiger partial charge is 0.303 e. The molecule has 0 heterocycles. The zero-order valence-corrected chi connectivity index (χ0v) is 12.0. The summed E-state index contributed by atoms with van der Waals surface area (Å²) in [5.74, 6) is 0.153. The molecule has 3 nitrogen and oxygen atoms in total. The summed E-state index contributed by atoms with van der Waals surface area (Å²) in [6.45, 7) is 2.03. The summed E-state index contributed by atoms with van der Waals surface area (Å²) >= 11 is 3.53. The highest BCUT2D eigenvalue weighted by atomic mass is 79.9. The summed E-state index contributed by atoms with van der Waals surface area (Å²) in [4.78, 5) is 10.6. The molecule has 0 amide bonds. The standard InChI is InChI=1S/C14H17BrO3/c1-9-7-10(3-2-4-13(16)17)14(12(15)8-9)18-11-5-6-11/h7-8,11H,2-6H2,1H3,(H,16,17). The minimum Gasteiger partial charge on any atom is -0.489 e. The molecule has 0 radical (unpaired) electrons. The first-order chi connectivity index (χ1) is 8.56. The van der Waals surface area contributed by atoms with Gasteiger partial charge in [0.1, 0.15) is 5.75 Å². The molecule has 18 heavy (non-hydrogen) atoms. The molecule has 4 heteroatoms. The SMILES string of the molecule is Cc1cc(Br)c(OC2CC2)c(CCCC(=O)O)c1. The van der Waals surface area contributed by atoms with Gasteiger partial charge in [0.15, 0.2) is 0 Å². The first-order valence-electron chi connectivity index (χ1n) is 6.23. The van der Waals surface area contributed by atoms with Crippen molar-refractivity contribution in [1.82, 2.24) is 0 Å². The number of aliphatic carboxylic acids is 1. The molecular formula is C14H17BrO3. The molecule has 0 unspecified atom stereocenters. The van der Waals surface area contributed by atoms with Gasteiger partial charge in [-0.15, -0.1) is 0 Å². The number of hydrogen-bond acceptors (Lipinski definition) is 2. The Morgan fingerprint density at radius 1 is 1.50 bits per heavy atom. The van der Waals surface area contributed by atoms with E-state index in [0.717, 1.165) is 40.6 Å². The minimum atomic E-state index is -0.744. The molecule has 1 aromatic carbocycles. The van der Waals surface area contributed by atoms with Gasteiger partial charge < -0.3 is 9.84 Å². The van der Waals surface area contributed by atoms with Gasteiger partial charge in [0.05, 0.1) is 10.6 Å². The minimum absolute atomic E-state index is 0.203. The van der Waals surface area contributed by atoms with Crippen LogP contribution in [0.4, 0.5) is 0 Å². The third-order valence-electron chi connectivity index (χ3n) is 2.91. The monoisotopic (exact) mass is 312 g/mol. The molecule has 1 aromatic rings. The molecule has 1 aliphatic carbocycles. The van der Waals surface area contributed by atoms with Crippen LogP contribution in [0, 0.1) is 6.92 Å². The number of carboxylic acid groups (broad SMARTS) is 1. The molecule has 2 rings (SSSR count). The van der Waals surface area contributed by atoms with E-state index in [9.17, 15) is 4.79 Å². The van der Waals surface area contributed by atoms with Crippen LogP contribution in [0.15, 0.2) is 16.6 Å². The third kappa shape index (κ3) is 3.73. The van der Waals surface area contributed by atoms with E-state index < -0.39 is 5.97 Å². The predicted octanol–water partition coefficient (Wildman–Crippen LogP) is 3.71. The maximum Gasteiger partial charge on any atom is 0.303 e. The van der Waals surface area contributed by atoms with E-state index in [1.807, 2.05) is 13.0 Å². The van der Waals surface area contributed by atoms with Gasteiger partial charge in [0.2, 0.25) is 0 Å². The van der Waals surface area contributed by atoms with Crippen molar-refractivity contribution in [1.29, 1.82) is 0 Å². The number of carbonyl (C=O) groups is 1. The van der Waals surface area contributed by atoms with Gasteiger partial charge in [0.25, 0.3) is 0 Å². The van der Waals surface area contributed by atoms with Gasteiger partial charge in [-0.05, 0) is 65.7 Å². The normalized spacial score (nSPS) is 14.6. The fourth-order valence-corrected chi connectivity index (χ4v) is 2.61. The number of carboxylic acids is 1. The topological polar surface area (TPSA) is 46.5 Å². The van der Waals surface area contributed by atoms with Crippen LogP contribution in [0.2, 0.25) is 0 Å². The molecule has 1 N–H and O–H groups in total. The zero-order valence-electron chi connectivity index (χ0n) is 10.4. The summed E-state index contributed by atoms with van der Waals surface area (Å²) in [7, 11) is 0. The van der Waals surface area contributed by atoms with Crippen molar-refractivity contribution in [2.75, 3.05) is 0 Å². The average Bonchev–Trinajstić information content (AvgIpc) is 3.06. The molecule has 0 atom stereocenters. The lowest BCUT2D eigenvalue weighted by molar-refractivity contribution is -0.137. The number of rotatable bonds is 6. The first-order valence-corrected chi connectivity index (χ1v) is 7.03. The second-order valence-electron chi connectivity index (χ2n) is 4.80. The number of aryl methyl sites for hydroxylation is 2. The summed E-state index contributed by atoms with van der Waals surface area (Å²) in [5.41, 5.74) is 2.27. The van der Waals surface area contributed by atoms with Crippen molar-refractivity contribution in [3.8, 4) is 5.75 Å². The maximum atomic E-state index is 10.6. The van der Waals surface area contributed by atoms with E-state index in [1.165, 1.54) is 0 Å². The van der Waals surface area contributed by atoms with E-state index in [1.54, 1.807) is 0 Å². The van der Waals surface area contributed by atoms with Gasteiger partial charge in [-0.25, -0.2) is 0 Å². The van der Waals surface area contributed by atoms with E-state index in [-0.39, 0.29) is 6.42 Å². The van der Waals surface area contributed by atoms with Gasteiger partial charge in [-0.1, -0.05) is 6.07 Å². The number of benzene rings is 1. The Morgan fingerprint density at radius 2 is 2.22 bits per heavy atom. The van der Waals surface area contributed by atoms with Crippen molar-refractivity contribution in [3.05, 3.63) is 27.7 Å². The molecule has 0 spiro atoms. The fourth-order valence-electron chi connectivity index (χ4n) is 1.90. The maximum absolute atomic E-state index is 10.6. The molecule has 0 bridgehead atoms. The molecular weight excluding hydrogens is 296 g/mol. The lowest BCUT2D eigenvalue weighted by Gasteiger charge is -2.14. The second-order valence-corrected chi connectivity index (χ2v) is 5.65. The lowest BCUT2D eigenvalue weighted by atomic mass is 10.0. The van der Waals surface area contributed by atoms with Gasteiger partial charge >= 0.3 is 5.97 Å². The van der Waals surface area contributed by atoms with Gasteiger partial charge in [0, 0.05) is 6.42 Å². The van der Waals surface area contributed by atoms with Crippen LogP contribution in [0.5, 0.6) is 5.75 Å². The van der Waals surface area contributed by atoms with E-state index >= 15 is 0 Å². The molecule has 0 aromatic heterocycles. The van der Waals surface area contributed by atoms with Gasteiger partial charge in [-0.2, -0.15) is 0 Å². The highest BCUT2D eigenvalue weighted by Crippen LogP contribution is 2.36. The Kier molecular flexibility index (Phi) is 4.27. The molecule has 0 aliphatic heterocycles. The third-order valence-corrected chi connectivity index (χ3v) is 3.50. The Balaban J connectivity index is 2.11. The summed E-state index contributed by atoms with van der Waals surface area (Å²) in [6.07, 6.45) is 4.18.